The highest BCUT2D eigenvalue weighted by Gasteiger charge is 2.13. The topological polar surface area (TPSA) is 117 Å². The van der Waals surface area contributed by atoms with Crippen LogP contribution in [-0.2, 0) is 9.59 Å². The number of carbonyl (C=O) groups excluding carboxylic acids is 2. The number of methoxy groups -OCH3 is 1. The van der Waals surface area contributed by atoms with Gasteiger partial charge in [0.2, 0.25) is 6.41 Å². The fraction of sp³-hybridized carbons (Fsp3) is 0.167. The molecule has 2 aromatic heterocycles. The highest BCUT2D eigenvalue weighted by molar-refractivity contribution is 5.92. The fourth-order valence-corrected chi connectivity index (χ4v) is 2.02. The van der Waals surface area contributed by atoms with E-state index in [1.165, 1.54) is 7.11 Å². The summed E-state index contributed by atoms with van der Waals surface area (Å²) in [5, 5.41) is 13.6. The standard InChI is InChI=1S/C18H15N5O3/c1-20-16(18(25)22-11-24)6-5-15-17(26-2)8-7-14(23-15)12-3-4-13(9-19)21-10-12/h3-4,7-8,10-11,16,20H,1-2H3,(H,22,24,25). The van der Waals surface area contributed by atoms with E-state index in [4.69, 9.17) is 10.00 Å². The first-order chi connectivity index (χ1) is 12.6. The number of carbonyl (C=O) groups is 2. The monoisotopic (exact) mass is 349 g/mol. The first-order valence-corrected chi connectivity index (χ1v) is 7.47. The van der Waals surface area contributed by atoms with Gasteiger partial charge >= 0.3 is 0 Å². The van der Waals surface area contributed by atoms with E-state index in [9.17, 15) is 9.59 Å². The van der Waals surface area contributed by atoms with Crippen molar-refractivity contribution in [2.75, 3.05) is 14.2 Å². The van der Waals surface area contributed by atoms with Crippen molar-refractivity contribution in [3.8, 4) is 34.9 Å². The Hall–Kier alpha value is -3.75. The van der Waals surface area contributed by atoms with Gasteiger partial charge in [0, 0.05) is 11.8 Å². The Morgan fingerprint density at radius 2 is 2.15 bits per heavy atom. The molecule has 0 bridgehead atoms. The summed E-state index contributed by atoms with van der Waals surface area (Å²) >= 11 is 0. The van der Waals surface area contributed by atoms with Gasteiger partial charge in [0.1, 0.15) is 17.8 Å². The van der Waals surface area contributed by atoms with Crippen LogP contribution in [0.2, 0.25) is 0 Å². The van der Waals surface area contributed by atoms with Crippen LogP contribution in [0.1, 0.15) is 11.4 Å². The Balaban J connectivity index is 2.38. The fourth-order valence-electron chi connectivity index (χ4n) is 2.02. The number of likely N-dealkylation sites (N-methyl/N-ethyl adjacent to an activating group) is 1. The van der Waals surface area contributed by atoms with Gasteiger partial charge in [-0.25, -0.2) is 9.97 Å². The molecule has 2 aromatic rings. The third-order valence-corrected chi connectivity index (χ3v) is 3.34. The van der Waals surface area contributed by atoms with E-state index in [-0.39, 0.29) is 0 Å². The quantitative estimate of drug-likeness (QED) is 0.586. The predicted octanol–water partition coefficient (Wildman–Crippen LogP) is 0.236. The second-order valence-electron chi connectivity index (χ2n) is 4.91. The third-order valence-electron chi connectivity index (χ3n) is 3.34. The van der Waals surface area contributed by atoms with Crippen LogP contribution in [-0.4, -0.2) is 42.5 Å². The molecule has 130 valence electrons. The van der Waals surface area contributed by atoms with Crippen molar-refractivity contribution >= 4 is 12.3 Å². The summed E-state index contributed by atoms with van der Waals surface area (Å²) in [5.41, 5.74) is 1.93. The highest BCUT2D eigenvalue weighted by atomic mass is 16.5. The van der Waals surface area contributed by atoms with Crippen LogP contribution in [0.25, 0.3) is 11.3 Å². The minimum absolute atomic E-state index is 0.297. The molecule has 2 N–H and O–H groups in total. The second-order valence-corrected chi connectivity index (χ2v) is 4.91. The molecule has 0 aliphatic carbocycles. The van der Waals surface area contributed by atoms with E-state index < -0.39 is 11.9 Å². The maximum Gasteiger partial charge on any atom is 0.255 e. The van der Waals surface area contributed by atoms with Crippen molar-refractivity contribution in [3.63, 3.8) is 0 Å². The number of imide groups is 1. The van der Waals surface area contributed by atoms with E-state index >= 15 is 0 Å². The van der Waals surface area contributed by atoms with Crippen LogP contribution in [0.15, 0.2) is 30.5 Å². The van der Waals surface area contributed by atoms with E-state index in [1.807, 2.05) is 11.4 Å². The number of nitrogens with zero attached hydrogens (tertiary/aromatic N) is 3. The zero-order valence-electron chi connectivity index (χ0n) is 14.1. The number of hydrogen-bond donors (Lipinski definition) is 2. The molecule has 0 saturated heterocycles. The molecule has 8 heteroatoms. The van der Waals surface area contributed by atoms with E-state index in [0.29, 0.717) is 34.8 Å². The summed E-state index contributed by atoms with van der Waals surface area (Å²) < 4.78 is 5.25. The number of rotatable bonds is 5. The molecule has 0 fully saturated rings. The van der Waals surface area contributed by atoms with Crippen LogP contribution in [0, 0.1) is 23.2 Å². The van der Waals surface area contributed by atoms with Crippen molar-refractivity contribution in [1.82, 2.24) is 20.6 Å². The second kappa shape index (κ2) is 8.92. The van der Waals surface area contributed by atoms with Crippen molar-refractivity contribution in [2.45, 2.75) is 6.04 Å². The SMILES string of the molecule is CNC(C#Cc1nc(-c2ccc(C#N)nc2)ccc1OC)C(=O)NC=O. The number of pyridine rings is 2. The Labute approximate surface area is 150 Å². The Kier molecular flexibility index (Phi) is 6.38. The summed E-state index contributed by atoms with van der Waals surface area (Å²) in [6.45, 7) is 0. The van der Waals surface area contributed by atoms with E-state index in [2.05, 4.69) is 27.1 Å². The molecule has 0 spiro atoms. The lowest BCUT2D eigenvalue weighted by Gasteiger charge is -2.08. The van der Waals surface area contributed by atoms with Crippen LogP contribution < -0.4 is 15.4 Å². The minimum atomic E-state index is -0.882. The predicted molar refractivity (Wildman–Crippen MR) is 92.7 cm³/mol. The lowest BCUT2D eigenvalue weighted by molar-refractivity contribution is -0.125. The van der Waals surface area contributed by atoms with Gasteiger partial charge < -0.3 is 4.74 Å². The average Bonchev–Trinajstić information content (AvgIpc) is 2.68. The van der Waals surface area contributed by atoms with Gasteiger partial charge in [-0.2, -0.15) is 5.26 Å². The van der Waals surface area contributed by atoms with Crippen molar-refractivity contribution < 1.29 is 14.3 Å². The lowest BCUT2D eigenvalue weighted by atomic mass is 10.1. The molecule has 8 nitrogen and oxygen atoms in total. The van der Waals surface area contributed by atoms with Gasteiger partial charge in [-0.3, -0.25) is 20.2 Å². The zero-order valence-corrected chi connectivity index (χ0v) is 14.1. The molecule has 0 aliphatic rings. The van der Waals surface area contributed by atoms with Crippen LogP contribution in [0.4, 0.5) is 0 Å². The van der Waals surface area contributed by atoms with Gasteiger partial charge in [0.15, 0.2) is 11.4 Å². The molecule has 2 rings (SSSR count). The number of nitrogens with one attached hydrogen (secondary N) is 2. The summed E-state index contributed by atoms with van der Waals surface area (Å²) in [6.07, 6.45) is 1.84. The number of ether oxygens (including phenoxy) is 1. The summed E-state index contributed by atoms with van der Waals surface area (Å²) in [7, 11) is 3.03. The zero-order chi connectivity index (χ0) is 18.9. The molecule has 0 saturated carbocycles. The Bertz CT molecular complexity index is 907. The first-order valence-electron chi connectivity index (χ1n) is 7.47. The van der Waals surface area contributed by atoms with Crippen molar-refractivity contribution in [2.24, 2.45) is 0 Å². The molecule has 0 radical (unpaired) electrons. The molecule has 2 heterocycles. The van der Waals surface area contributed by atoms with Crippen molar-refractivity contribution in [3.05, 3.63) is 41.9 Å². The maximum absolute atomic E-state index is 11.7. The minimum Gasteiger partial charge on any atom is -0.494 e. The summed E-state index contributed by atoms with van der Waals surface area (Å²) in [6, 6.07) is 7.82. The lowest BCUT2D eigenvalue weighted by Crippen LogP contribution is -2.41. The average molecular weight is 349 g/mol. The number of amides is 2. The van der Waals surface area contributed by atoms with Crippen LogP contribution in [0.5, 0.6) is 5.75 Å². The normalized spacial score (nSPS) is 10.7. The summed E-state index contributed by atoms with van der Waals surface area (Å²) in [4.78, 5) is 30.5. The van der Waals surface area contributed by atoms with E-state index in [0.717, 1.165) is 0 Å². The molecular weight excluding hydrogens is 334 g/mol. The van der Waals surface area contributed by atoms with Gasteiger partial charge in [-0.05, 0) is 37.2 Å². The number of aromatic nitrogens is 2. The molecule has 0 aliphatic heterocycles. The molecule has 1 atom stereocenters. The van der Waals surface area contributed by atoms with E-state index in [1.54, 1.807) is 37.5 Å². The molecule has 0 aromatic carbocycles. The Morgan fingerprint density at radius 1 is 1.35 bits per heavy atom. The van der Waals surface area contributed by atoms with Gasteiger partial charge in [0.25, 0.3) is 5.91 Å². The summed E-state index contributed by atoms with van der Waals surface area (Å²) in [5.74, 6) is 5.37. The Morgan fingerprint density at radius 3 is 2.73 bits per heavy atom. The van der Waals surface area contributed by atoms with Crippen LogP contribution >= 0.6 is 0 Å². The maximum atomic E-state index is 11.7. The largest absolute Gasteiger partial charge is 0.494 e. The highest BCUT2D eigenvalue weighted by Crippen LogP contribution is 2.22. The van der Waals surface area contributed by atoms with Crippen LogP contribution in [0.3, 0.4) is 0 Å². The molecule has 1 unspecified atom stereocenters. The molecule has 2 amide bonds. The third kappa shape index (κ3) is 4.41. The van der Waals surface area contributed by atoms with Gasteiger partial charge in [-0.1, -0.05) is 5.92 Å². The smallest absolute Gasteiger partial charge is 0.255 e. The van der Waals surface area contributed by atoms with Gasteiger partial charge in [0.05, 0.1) is 12.8 Å². The first kappa shape index (κ1) is 18.6. The van der Waals surface area contributed by atoms with Crippen molar-refractivity contribution in [1.29, 1.82) is 5.26 Å². The molecule has 26 heavy (non-hydrogen) atoms. The van der Waals surface area contributed by atoms with Gasteiger partial charge in [-0.15, -0.1) is 0 Å². The number of hydrogen-bond acceptors (Lipinski definition) is 7. The molecular formula is C18H15N5O3. The number of nitriles is 1.